The van der Waals surface area contributed by atoms with Crippen molar-refractivity contribution in [1.82, 2.24) is 0 Å². The van der Waals surface area contributed by atoms with Crippen LogP contribution >= 0.6 is 0 Å². The first-order chi connectivity index (χ1) is 9.42. The Balaban J connectivity index is 3.45. The van der Waals surface area contributed by atoms with Gasteiger partial charge in [-0.1, -0.05) is 6.08 Å². The van der Waals surface area contributed by atoms with Gasteiger partial charge in [0.2, 0.25) is 0 Å². The molecular formula is C12H13FN2O5. The summed E-state index contributed by atoms with van der Waals surface area (Å²) in [5.41, 5.74) is -1.32. The fraction of sp³-hybridized carbons (Fsp3) is 0.250. The molecule has 0 saturated heterocycles. The summed E-state index contributed by atoms with van der Waals surface area (Å²) < 4.78 is 13.5. The van der Waals surface area contributed by atoms with Crippen LogP contribution < -0.4 is 4.90 Å². The second-order valence-electron chi connectivity index (χ2n) is 3.84. The number of carboxylic acids is 1. The predicted molar refractivity (Wildman–Crippen MR) is 69.5 cm³/mol. The highest BCUT2D eigenvalue weighted by Gasteiger charge is 2.24. The number of nitrogens with zero attached hydrogens (tertiary/aromatic N) is 2. The van der Waals surface area contributed by atoms with Crippen LogP contribution in [0.4, 0.5) is 15.8 Å². The SMILES string of the molecule is C=CCN(CCO)c1cc(C(=O)O)c(F)cc1[N+](=O)[O-]. The molecule has 1 aromatic carbocycles. The van der Waals surface area contributed by atoms with E-state index in [1.54, 1.807) is 0 Å². The highest BCUT2D eigenvalue weighted by molar-refractivity contribution is 5.90. The highest BCUT2D eigenvalue weighted by Crippen LogP contribution is 2.31. The van der Waals surface area contributed by atoms with Gasteiger partial charge in [0.05, 0.1) is 23.2 Å². The fourth-order valence-corrected chi connectivity index (χ4v) is 1.70. The molecule has 1 rings (SSSR count). The van der Waals surface area contributed by atoms with E-state index >= 15 is 0 Å². The lowest BCUT2D eigenvalue weighted by atomic mass is 10.1. The van der Waals surface area contributed by atoms with E-state index in [0.717, 1.165) is 6.07 Å². The van der Waals surface area contributed by atoms with Crippen molar-refractivity contribution in [3.8, 4) is 0 Å². The lowest BCUT2D eigenvalue weighted by Crippen LogP contribution is -2.27. The number of nitro groups is 1. The molecule has 108 valence electrons. The molecule has 0 aromatic heterocycles. The molecule has 8 heteroatoms. The van der Waals surface area contributed by atoms with E-state index in [0.29, 0.717) is 6.07 Å². The molecule has 0 atom stereocenters. The van der Waals surface area contributed by atoms with Crippen molar-refractivity contribution in [2.24, 2.45) is 0 Å². The van der Waals surface area contributed by atoms with Crippen LogP contribution in [-0.2, 0) is 0 Å². The minimum atomic E-state index is -1.53. The van der Waals surface area contributed by atoms with Gasteiger partial charge in [-0.05, 0) is 6.07 Å². The van der Waals surface area contributed by atoms with Crippen LogP contribution in [0, 0.1) is 15.9 Å². The maximum absolute atomic E-state index is 13.5. The Bertz CT molecular complexity index is 547. The molecule has 0 aliphatic rings. The first kappa shape index (κ1) is 15.6. The standard InChI is InChI=1S/C12H13FN2O5/c1-2-3-14(4-5-16)10-6-8(12(17)18)9(13)7-11(10)15(19)20/h2,6-7,16H,1,3-5H2,(H,17,18). The summed E-state index contributed by atoms with van der Waals surface area (Å²) in [6.07, 6.45) is 1.43. The van der Waals surface area contributed by atoms with Crippen LogP contribution in [-0.4, -0.2) is 40.8 Å². The molecule has 2 N–H and O–H groups in total. The number of hydrogen-bond donors (Lipinski definition) is 2. The van der Waals surface area contributed by atoms with E-state index < -0.39 is 28.0 Å². The molecule has 0 bridgehead atoms. The molecule has 0 aliphatic heterocycles. The molecule has 1 aromatic rings. The lowest BCUT2D eigenvalue weighted by Gasteiger charge is -2.22. The number of halogens is 1. The highest BCUT2D eigenvalue weighted by atomic mass is 19.1. The fourth-order valence-electron chi connectivity index (χ4n) is 1.70. The van der Waals surface area contributed by atoms with E-state index in [4.69, 9.17) is 10.2 Å². The van der Waals surface area contributed by atoms with Crippen LogP contribution in [0.3, 0.4) is 0 Å². The molecule has 0 spiro atoms. The topological polar surface area (TPSA) is 104 Å². The Morgan fingerprint density at radius 1 is 1.55 bits per heavy atom. The van der Waals surface area contributed by atoms with E-state index in [1.165, 1.54) is 11.0 Å². The Kier molecular flexibility index (Phi) is 5.15. The predicted octanol–water partition coefficient (Wildman–Crippen LogP) is 1.42. The zero-order valence-corrected chi connectivity index (χ0v) is 10.5. The molecule has 7 nitrogen and oxygen atoms in total. The Morgan fingerprint density at radius 3 is 2.65 bits per heavy atom. The van der Waals surface area contributed by atoms with Crippen LogP contribution in [0.1, 0.15) is 10.4 Å². The van der Waals surface area contributed by atoms with Crippen molar-refractivity contribution < 1.29 is 24.3 Å². The first-order valence-corrected chi connectivity index (χ1v) is 5.60. The van der Waals surface area contributed by atoms with E-state index in [-0.39, 0.29) is 25.4 Å². The number of aliphatic hydroxyl groups is 1. The lowest BCUT2D eigenvalue weighted by molar-refractivity contribution is -0.384. The average Bonchev–Trinajstić information content (AvgIpc) is 2.37. The van der Waals surface area contributed by atoms with Gasteiger partial charge in [0.25, 0.3) is 5.69 Å². The number of hydrogen-bond acceptors (Lipinski definition) is 5. The molecule has 0 aliphatic carbocycles. The smallest absolute Gasteiger partial charge is 0.338 e. The van der Waals surface area contributed by atoms with E-state index in [2.05, 4.69) is 6.58 Å². The number of aromatic carboxylic acids is 1. The van der Waals surface area contributed by atoms with Crippen molar-refractivity contribution in [3.63, 3.8) is 0 Å². The largest absolute Gasteiger partial charge is 0.478 e. The molecule has 20 heavy (non-hydrogen) atoms. The van der Waals surface area contributed by atoms with Crippen molar-refractivity contribution in [2.45, 2.75) is 0 Å². The van der Waals surface area contributed by atoms with E-state index in [1.807, 2.05) is 0 Å². The van der Waals surface area contributed by atoms with Crippen LogP contribution in [0.25, 0.3) is 0 Å². The van der Waals surface area contributed by atoms with Crippen LogP contribution in [0.2, 0.25) is 0 Å². The van der Waals surface area contributed by atoms with E-state index in [9.17, 15) is 19.3 Å². The van der Waals surface area contributed by atoms with Gasteiger partial charge in [-0.25, -0.2) is 9.18 Å². The number of anilines is 1. The molecule has 0 unspecified atom stereocenters. The summed E-state index contributed by atoms with van der Waals surface area (Å²) in [5.74, 6) is -2.71. The number of aliphatic hydroxyl groups excluding tert-OH is 1. The minimum absolute atomic E-state index is 0.0253. The van der Waals surface area contributed by atoms with Gasteiger partial charge in [-0.2, -0.15) is 0 Å². The van der Waals surface area contributed by atoms with Crippen LogP contribution in [0.15, 0.2) is 24.8 Å². The molecule has 0 fully saturated rings. The van der Waals surface area contributed by atoms with Gasteiger partial charge in [0.15, 0.2) is 0 Å². The summed E-state index contributed by atoms with van der Waals surface area (Å²) >= 11 is 0. The van der Waals surface area contributed by atoms with Gasteiger partial charge >= 0.3 is 5.97 Å². The first-order valence-electron chi connectivity index (χ1n) is 5.60. The van der Waals surface area contributed by atoms with Crippen molar-refractivity contribution in [2.75, 3.05) is 24.6 Å². The number of benzene rings is 1. The van der Waals surface area contributed by atoms with Gasteiger partial charge < -0.3 is 15.1 Å². The second-order valence-corrected chi connectivity index (χ2v) is 3.84. The quantitative estimate of drug-likeness (QED) is 0.446. The number of carboxylic acid groups (broad SMARTS) is 1. The van der Waals surface area contributed by atoms with Crippen LogP contribution in [0.5, 0.6) is 0 Å². The average molecular weight is 284 g/mol. The van der Waals surface area contributed by atoms with Gasteiger partial charge in [-0.3, -0.25) is 10.1 Å². The van der Waals surface area contributed by atoms with Crippen molar-refractivity contribution in [1.29, 1.82) is 0 Å². The molecule has 0 heterocycles. The van der Waals surface area contributed by atoms with Crippen molar-refractivity contribution >= 4 is 17.3 Å². The Morgan fingerprint density at radius 2 is 2.20 bits per heavy atom. The normalized spacial score (nSPS) is 10.1. The van der Waals surface area contributed by atoms with Gasteiger partial charge in [-0.15, -0.1) is 6.58 Å². The maximum Gasteiger partial charge on any atom is 0.338 e. The Labute approximate surface area is 113 Å². The summed E-state index contributed by atoms with van der Waals surface area (Å²) in [6, 6.07) is 1.45. The third kappa shape index (κ3) is 3.29. The molecular weight excluding hydrogens is 271 g/mol. The zero-order chi connectivity index (χ0) is 15.3. The van der Waals surface area contributed by atoms with Gasteiger partial charge in [0.1, 0.15) is 11.5 Å². The minimum Gasteiger partial charge on any atom is -0.478 e. The zero-order valence-electron chi connectivity index (χ0n) is 10.5. The third-order valence-corrected chi connectivity index (χ3v) is 2.55. The summed E-state index contributed by atoms with van der Waals surface area (Å²) in [4.78, 5) is 22.4. The number of rotatable bonds is 7. The number of carbonyl (C=O) groups is 1. The molecule has 0 radical (unpaired) electrons. The van der Waals surface area contributed by atoms with Crippen molar-refractivity contribution in [3.05, 3.63) is 46.3 Å². The summed E-state index contributed by atoms with van der Waals surface area (Å²) in [6.45, 7) is 3.34. The monoisotopic (exact) mass is 284 g/mol. The molecule has 0 amide bonds. The van der Waals surface area contributed by atoms with Gasteiger partial charge in [0, 0.05) is 13.1 Å². The maximum atomic E-state index is 13.5. The second kappa shape index (κ2) is 6.62. The molecule has 0 saturated carbocycles. The number of nitro benzene ring substituents is 1. The third-order valence-electron chi connectivity index (χ3n) is 2.55. The Hall–Kier alpha value is -2.48. The summed E-state index contributed by atoms with van der Waals surface area (Å²) in [7, 11) is 0. The summed E-state index contributed by atoms with van der Waals surface area (Å²) in [5, 5.41) is 28.8.